The molecule has 6 rings (SSSR count). The Morgan fingerprint density at radius 3 is 2.08 bits per heavy atom. The molecule has 11 nitrogen and oxygen atoms in total. The molecular weight excluding hydrogens is 789 g/mol. The number of hydrogen-bond acceptors (Lipinski definition) is 8. The number of nitrogens with zero attached hydrogens (tertiary/aromatic N) is 5. The van der Waals surface area contributed by atoms with E-state index in [1.165, 1.54) is 24.4 Å². The molecule has 3 aromatic rings. The van der Waals surface area contributed by atoms with Gasteiger partial charge in [-0.2, -0.15) is 0 Å². The number of aryl methyl sites for hydroxylation is 1. The van der Waals surface area contributed by atoms with Crippen molar-refractivity contribution < 1.29 is 51.3 Å². The number of aliphatic imine (C=N–C) groups is 2. The Morgan fingerprint density at radius 1 is 0.847 bits per heavy atom. The second-order valence-electron chi connectivity index (χ2n) is 18.1. The molecule has 0 spiro atoms. The predicted octanol–water partition coefficient (Wildman–Crippen LogP) is 8.92. The van der Waals surface area contributed by atoms with Crippen LogP contribution in [0.25, 0.3) is 11.1 Å². The average Bonchev–Trinajstić information content (AvgIpc) is 3.16. The smallest absolute Gasteiger partial charge is 0.503 e. The van der Waals surface area contributed by atoms with Crippen LogP contribution in [0.3, 0.4) is 0 Å². The van der Waals surface area contributed by atoms with Crippen molar-refractivity contribution in [1.82, 2.24) is 9.80 Å². The number of carboxylic acid groups (broad SMARTS) is 2. The monoisotopic (exact) mass is 855 g/mol. The van der Waals surface area contributed by atoms with Crippen LogP contribution >= 0.6 is 0 Å². The van der Waals surface area contributed by atoms with Gasteiger partial charge >= 0.3 is 12.1 Å². The number of ether oxygens (including phenoxy) is 1. The molecule has 59 heavy (non-hydrogen) atoms. The molecule has 1 radical (unpaired) electrons. The molecule has 3 aliphatic rings. The van der Waals surface area contributed by atoms with Crippen LogP contribution in [-0.2, 0) is 27.6 Å². The van der Waals surface area contributed by atoms with E-state index in [2.05, 4.69) is 81.2 Å². The van der Waals surface area contributed by atoms with Crippen LogP contribution in [0, 0.1) is 6.92 Å². The maximum absolute atomic E-state index is 11.4. The van der Waals surface area contributed by atoms with E-state index in [1.807, 2.05) is 49.7 Å². The van der Waals surface area contributed by atoms with Crippen molar-refractivity contribution in [2.75, 3.05) is 46.4 Å². The number of phenolic OH excluding ortho intramolecular Hbond substituents is 2. The zero-order valence-electron chi connectivity index (χ0n) is 36.3. The molecule has 3 aromatic carbocycles. The Balaban J connectivity index is 0.00000147. The third-order valence-corrected chi connectivity index (χ3v) is 11.4. The fourth-order valence-electron chi connectivity index (χ4n) is 8.24. The van der Waals surface area contributed by atoms with Gasteiger partial charge in [0, 0.05) is 70.7 Å². The molecule has 2 unspecified atom stereocenters. The summed E-state index contributed by atoms with van der Waals surface area (Å²) in [7, 11) is 2.22. The van der Waals surface area contributed by atoms with E-state index in [1.54, 1.807) is 0 Å². The van der Waals surface area contributed by atoms with Gasteiger partial charge < -0.3 is 25.2 Å². The average molecular weight is 856 g/mol. The molecule has 2 heterocycles. The fourth-order valence-corrected chi connectivity index (χ4v) is 8.24. The Morgan fingerprint density at radius 2 is 1.46 bits per heavy atom. The van der Waals surface area contributed by atoms with E-state index < -0.39 is 6.16 Å². The minimum absolute atomic E-state index is 0. The SMILES string of the molecule is Cc1cc(-c2ccccc2OCCCN2CCCN3CCC[N+](C)=C23)cc(C=NC2CCCCC2N=Cc2cc(C(C)(C)C)cc(C(C)(C)C)c2O)c1O.O=C(O)O.[Co]. The number of guanidine groups is 1. The van der Waals surface area contributed by atoms with Gasteiger partial charge in [-0.3, -0.25) is 24.4 Å². The summed E-state index contributed by atoms with van der Waals surface area (Å²) in [6.07, 6.45) is 9.30. The van der Waals surface area contributed by atoms with Gasteiger partial charge in [-0.15, -0.1) is 0 Å². The van der Waals surface area contributed by atoms with Gasteiger partial charge in [-0.1, -0.05) is 78.6 Å². The summed E-state index contributed by atoms with van der Waals surface area (Å²) in [6.45, 7) is 21.1. The van der Waals surface area contributed by atoms with Gasteiger partial charge in [0.2, 0.25) is 0 Å². The van der Waals surface area contributed by atoms with E-state index in [4.69, 9.17) is 29.7 Å². The van der Waals surface area contributed by atoms with Gasteiger partial charge in [0.25, 0.3) is 0 Å². The fraction of sp³-hybridized carbons (Fsp3) is 0.532. The summed E-state index contributed by atoms with van der Waals surface area (Å²) >= 11 is 0. The number of phenols is 2. The van der Waals surface area contributed by atoms with Crippen LogP contribution in [0.2, 0.25) is 0 Å². The van der Waals surface area contributed by atoms with Crippen LogP contribution in [0.1, 0.15) is 114 Å². The molecule has 323 valence electrons. The number of hydrogen-bond donors (Lipinski definition) is 4. The van der Waals surface area contributed by atoms with Gasteiger partial charge in [-0.25, -0.2) is 4.79 Å². The van der Waals surface area contributed by atoms with E-state index >= 15 is 0 Å². The van der Waals surface area contributed by atoms with Crippen molar-refractivity contribution in [2.24, 2.45) is 9.98 Å². The topological polar surface area (TPSA) is 141 Å². The number of rotatable bonds is 10. The van der Waals surface area contributed by atoms with Crippen molar-refractivity contribution in [3.8, 4) is 28.4 Å². The molecule has 0 bridgehead atoms. The molecule has 2 aliphatic heterocycles. The van der Waals surface area contributed by atoms with E-state index in [0.717, 1.165) is 98.4 Å². The van der Waals surface area contributed by atoms with Crippen LogP contribution in [-0.4, -0.2) is 118 Å². The van der Waals surface area contributed by atoms with E-state index in [9.17, 15) is 10.2 Å². The summed E-state index contributed by atoms with van der Waals surface area (Å²) < 4.78 is 8.87. The zero-order chi connectivity index (χ0) is 42.2. The first-order valence-electron chi connectivity index (χ1n) is 20.9. The van der Waals surface area contributed by atoms with E-state index in [-0.39, 0.29) is 45.4 Å². The number of carbonyl (C=O) groups is 1. The Kier molecular flexibility index (Phi) is 16.5. The van der Waals surface area contributed by atoms with Gasteiger partial charge in [0.15, 0.2) is 0 Å². The number of aromatic hydroxyl groups is 2. The van der Waals surface area contributed by atoms with Crippen molar-refractivity contribution in [2.45, 2.75) is 116 Å². The molecule has 1 aliphatic carbocycles. The van der Waals surface area contributed by atoms with Crippen LogP contribution in [0.4, 0.5) is 4.79 Å². The summed E-state index contributed by atoms with van der Waals surface area (Å²) in [4.78, 5) is 23.8. The minimum atomic E-state index is -1.83. The minimum Gasteiger partial charge on any atom is -0.507 e. The van der Waals surface area contributed by atoms with Crippen molar-refractivity contribution in [3.05, 3.63) is 76.3 Å². The molecule has 1 saturated carbocycles. The standard InChI is InChI=1S/C46H63N5O3.CH2O3.Co/c1-32-26-33(37-16-9-12-19-41(37)54-25-15-24-51-23-14-22-50-21-13-20-49(8)44(50)51)27-34(42(32)52)30-47-39-17-10-11-18-40(39)48-31-35-28-36(45(2,3)4)29-38(43(35)53)46(5,6)7;2-1(3)4;/h9,12,16,19,26-31,39-40H,10-11,13-15,17-18,20-25H2,1-8H3,(H-,47,48,52,53);(H2,2,3,4);/p+1. The first kappa shape index (κ1) is 47.1. The molecule has 0 aromatic heterocycles. The normalized spacial score (nSPS) is 18.6. The molecule has 2 atom stereocenters. The Hall–Kier alpha value is -4.55. The van der Waals surface area contributed by atoms with Crippen molar-refractivity contribution >= 4 is 24.5 Å². The van der Waals surface area contributed by atoms with Crippen molar-refractivity contribution in [1.29, 1.82) is 0 Å². The van der Waals surface area contributed by atoms with Gasteiger partial charge in [-0.05, 0) is 71.6 Å². The van der Waals surface area contributed by atoms with Crippen LogP contribution in [0.5, 0.6) is 17.2 Å². The molecular formula is C47H66CoN5O6+. The predicted molar refractivity (Wildman–Crippen MR) is 234 cm³/mol. The summed E-state index contributed by atoms with van der Waals surface area (Å²) in [6, 6.07) is 16.5. The van der Waals surface area contributed by atoms with Gasteiger partial charge in [0.05, 0.1) is 58.5 Å². The maximum Gasteiger partial charge on any atom is 0.503 e. The summed E-state index contributed by atoms with van der Waals surface area (Å²) in [5.74, 6) is 2.79. The third-order valence-electron chi connectivity index (χ3n) is 11.4. The number of para-hydroxylation sites is 1. The van der Waals surface area contributed by atoms with Gasteiger partial charge in [0.1, 0.15) is 17.2 Å². The second-order valence-corrected chi connectivity index (χ2v) is 18.1. The molecule has 1 saturated heterocycles. The summed E-state index contributed by atoms with van der Waals surface area (Å²) in [5, 5.41) is 36.5. The summed E-state index contributed by atoms with van der Waals surface area (Å²) in [5.41, 5.74) is 6.12. The second kappa shape index (κ2) is 20.6. The largest absolute Gasteiger partial charge is 0.507 e. The molecule has 2 fully saturated rings. The number of fused-ring (bicyclic) bond motifs is 1. The Labute approximate surface area is 361 Å². The van der Waals surface area contributed by atoms with Crippen LogP contribution < -0.4 is 4.74 Å². The number of benzene rings is 3. The quantitative estimate of drug-likeness (QED) is 0.0901. The molecule has 4 N–H and O–H groups in total. The van der Waals surface area contributed by atoms with E-state index in [0.29, 0.717) is 17.9 Å². The van der Waals surface area contributed by atoms with Crippen LogP contribution in [0.15, 0.2) is 58.5 Å². The molecule has 0 amide bonds. The Bertz CT molecular complexity index is 2000. The maximum atomic E-state index is 11.4. The first-order valence-corrected chi connectivity index (χ1v) is 20.9. The van der Waals surface area contributed by atoms with Crippen molar-refractivity contribution in [3.63, 3.8) is 0 Å². The zero-order valence-corrected chi connectivity index (χ0v) is 37.3. The third kappa shape index (κ3) is 12.5. The first-order chi connectivity index (χ1) is 27.4. The molecule has 12 heteroatoms.